The molecule has 0 aliphatic carbocycles. The van der Waals surface area contributed by atoms with E-state index in [0.717, 1.165) is 108 Å². The van der Waals surface area contributed by atoms with E-state index in [1.54, 1.807) is 0 Å². The first-order chi connectivity index (χ1) is 40.9. The van der Waals surface area contributed by atoms with Crippen LogP contribution in [0.15, 0.2) is 0 Å². The van der Waals surface area contributed by atoms with Gasteiger partial charge in [-0.1, -0.05) is 279 Å². The highest BCUT2D eigenvalue weighted by atomic mass is 31.2. The van der Waals surface area contributed by atoms with Crippen LogP contribution in [-0.2, 0) is 65.4 Å². The van der Waals surface area contributed by atoms with E-state index in [2.05, 4.69) is 41.5 Å². The van der Waals surface area contributed by atoms with Gasteiger partial charge in [-0.2, -0.15) is 0 Å². The average Bonchev–Trinajstić information content (AvgIpc) is 3.56. The van der Waals surface area contributed by atoms with E-state index in [1.807, 2.05) is 0 Å². The molecule has 3 N–H and O–H groups in total. The Bertz CT molecular complexity index is 1670. The summed E-state index contributed by atoms with van der Waals surface area (Å²) >= 11 is 0. The average molecular weight is 1260 g/mol. The summed E-state index contributed by atoms with van der Waals surface area (Å²) in [6.45, 7) is 9.45. The van der Waals surface area contributed by atoms with Gasteiger partial charge >= 0.3 is 39.5 Å². The van der Waals surface area contributed by atoms with Crippen molar-refractivity contribution < 1.29 is 80.2 Å². The lowest BCUT2D eigenvalue weighted by Crippen LogP contribution is -2.30. The summed E-state index contributed by atoms with van der Waals surface area (Å²) in [5.74, 6) is -0.637. The van der Waals surface area contributed by atoms with Gasteiger partial charge in [0.15, 0.2) is 12.2 Å². The Morgan fingerprint density at radius 1 is 0.341 bits per heavy atom. The smallest absolute Gasteiger partial charge is 0.462 e. The molecule has 3 unspecified atom stereocenters. The molecule has 0 heterocycles. The lowest BCUT2D eigenvalue weighted by molar-refractivity contribution is -0.161. The number of hydrogen-bond acceptors (Lipinski definition) is 15. The maximum absolute atomic E-state index is 13.0. The number of phosphoric ester groups is 2. The molecule has 0 aliphatic heterocycles. The van der Waals surface area contributed by atoms with E-state index < -0.39 is 97.5 Å². The van der Waals surface area contributed by atoms with Crippen molar-refractivity contribution in [1.29, 1.82) is 0 Å². The van der Waals surface area contributed by atoms with Crippen molar-refractivity contribution in [3.8, 4) is 0 Å². The number of carbonyl (C=O) groups is 4. The van der Waals surface area contributed by atoms with Gasteiger partial charge < -0.3 is 33.8 Å². The third-order valence-corrected chi connectivity index (χ3v) is 17.5. The first-order valence-electron chi connectivity index (χ1n) is 34.5. The fourth-order valence-electron chi connectivity index (χ4n) is 9.85. The Balaban J connectivity index is 5.23. The Morgan fingerprint density at radius 2 is 0.600 bits per heavy atom. The van der Waals surface area contributed by atoms with Crippen LogP contribution >= 0.6 is 15.6 Å². The largest absolute Gasteiger partial charge is 0.472 e. The molecule has 0 saturated carbocycles. The quantitative estimate of drug-likeness (QED) is 0.0222. The number of hydrogen-bond donors (Lipinski definition) is 3. The number of unbranched alkanes of at least 4 members (excludes halogenated alkanes) is 34. The summed E-state index contributed by atoms with van der Waals surface area (Å²) in [6, 6.07) is 0. The summed E-state index contributed by atoms with van der Waals surface area (Å²) in [7, 11) is -9.89. The van der Waals surface area contributed by atoms with Crippen LogP contribution in [-0.4, -0.2) is 96.7 Å². The molecule has 0 amide bonds. The van der Waals surface area contributed by atoms with Gasteiger partial charge in [0, 0.05) is 25.7 Å². The fraction of sp³-hybridized carbons (Fsp3) is 0.939. The molecule has 0 rings (SSSR count). The van der Waals surface area contributed by atoms with Crippen molar-refractivity contribution in [2.75, 3.05) is 39.6 Å². The van der Waals surface area contributed by atoms with Crippen LogP contribution in [0.25, 0.3) is 0 Å². The maximum atomic E-state index is 13.0. The van der Waals surface area contributed by atoms with Gasteiger partial charge in [0.05, 0.1) is 26.4 Å². The molecule has 0 radical (unpaired) electrons. The molecule has 0 aromatic heterocycles. The van der Waals surface area contributed by atoms with Gasteiger partial charge in [-0.25, -0.2) is 9.13 Å². The molecule has 0 fully saturated rings. The van der Waals surface area contributed by atoms with Crippen molar-refractivity contribution in [3.05, 3.63) is 0 Å². The molecule has 0 bridgehead atoms. The Morgan fingerprint density at radius 3 is 0.894 bits per heavy atom. The van der Waals surface area contributed by atoms with E-state index >= 15 is 0 Å². The van der Waals surface area contributed by atoms with Crippen LogP contribution in [0.5, 0.6) is 0 Å². The zero-order valence-electron chi connectivity index (χ0n) is 54.9. The molecule has 0 saturated heterocycles. The van der Waals surface area contributed by atoms with Crippen molar-refractivity contribution in [2.45, 2.75) is 349 Å². The zero-order valence-corrected chi connectivity index (χ0v) is 56.7. The molecular formula is C66H128O17P2. The van der Waals surface area contributed by atoms with Crippen LogP contribution in [0, 0.1) is 11.8 Å². The first kappa shape index (κ1) is 83.1. The van der Waals surface area contributed by atoms with E-state index in [9.17, 15) is 43.2 Å². The maximum Gasteiger partial charge on any atom is 0.472 e. The van der Waals surface area contributed by atoms with Crippen molar-refractivity contribution >= 4 is 39.5 Å². The highest BCUT2D eigenvalue weighted by Crippen LogP contribution is 2.45. The number of aliphatic hydroxyl groups is 1. The second kappa shape index (κ2) is 58.4. The van der Waals surface area contributed by atoms with Crippen LogP contribution < -0.4 is 0 Å². The van der Waals surface area contributed by atoms with Crippen molar-refractivity contribution in [2.24, 2.45) is 11.8 Å². The topological polar surface area (TPSA) is 237 Å². The third-order valence-electron chi connectivity index (χ3n) is 15.6. The predicted molar refractivity (Wildman–Crippen MR) is 340 cm³/mol. The molecule has 0 aromatic rings. The highest BCUT2D eigenvalue weighted by molar-refractivity contribution is 7.47. The normalized spacial score (nSPS) is 14.6. The van der Waals surface area contributed by atoms with E-state index in [4.69, 9.17) is 37.0 Å². The van der Waals surface area contributed by atoms with Crippen LogP contribution in [0.2, 0.25) is 0 Å². The molecular weight excluding hydrogens is 1130 g/mol. The Kier molecular flexibility index (Phi) is 57.1. The number of rotatable bonds is 65. The van der Waals surface area contributed by atoms with Gasteiger partial charge in [-0.15, -0.1) is 0 Å². The number of esters is 4. The Hall–Kier alpha value is -1.94. The van der Waals surface area contributed by atoms with Gasteiger partial charge in [0.1, 0.15) is 19.3 Å². The summed E-state index contributed by atoms with van der Waals surface area (Å²) in [5.41, 5.74) is 0. The second-order valence-corrected chi connectivity index (χ2v) is 27.5. The highest BCUT2D eigenvalue weighted by Gasteiger charge is 2.30. The molecule has 0 aromatic carbocycles. The SMILES string of the molecule is CCCCCCCCCCCCCCC(=O)OC[C@H](COP(=O)(O)OC[C@@H](O)COP(=O)(O)OC[C@@H](COC(=O)CCCCCCCCCC)OC(=O)CCCCCCCCC(C)CC)OC(=O)CCCCCCCCCCCCCCC(C)C. The molecule has 6 atom stereocenters. The van der Waals surface area contributed by atoms with E-state index in [0.29, 0.717) is 25.7 Å². The molecule has 504 valence electrons. The molecule has 17 nitrogen and oxygen atoms in total. The monoisotopic (exact) mass is 1250 g/mol. The summed E-state index contributed by atoms with van der Waals surface area (Å²) in [5, 5.41) is 10.5. The zero-order chi connectivity index (χ0) is 62.9. The van der Waals surface area contributed by atoms with Gasteiger partial charge in [0.2, 0.25) is 0 Å². The number of carbonyl (C=O) groups excluding carboxylic acids is 4. The van der Waals surface area contributed by atoms with Crippen LogP contribution in [0.3, 0.4) is 0 Å². The minimum atomic E-state index is -4.95. The fourth-order valence-corrected chi connectivity index (χ4v) is 11.4. The minimum absolute atomic E-state index is 0.103. The molecule has 0 aliphatic rings. The Labute approximate surface area is 517 Å². The van der Waals surface area contributed by atoms with E-state index in [1.165, 1.54) is 141 Å². The van der Waals surface area contributed by atoms with Crippen LogP contribution in [0.1, 0.15) is 330 Å². The molecule has 19 heteroatoms. The molecule has 85 heavy (non-hydrogen) atoms. The second-order valence-electron chi connectivity index (χ2n) is 24.6. The van der Waals surface area contributed by atoms with Gasteiger partial charge in [-0.3, -0.25) is 37.3 Å². The number of ether oxygens (including phenoxy) is 4. The summed E-state index contributed by atoms with van der Waals surface area (Å²) in [4.78, 5) is 72.2. The lowest BCUT2D eigenvalue weighted by Gasteiger charge is -2.21. The lowest BCUT2D eigenvalue weighted by atomic mass is 10.00. The minimum Gasteiger partial charge on any atom is -0.462 e. The number of aliphatic hydroxyl groups excluding tert-OH is 1. The number of phosphoric acid groups is 2. The summed E-state index contributed by atoms with van der Waals surface area (Å²) < 4.78 is 68.0. The van der Waals surface area contributed by atoms with Gasteiger partial charge in [-0.05, 0) is 37.5 Å². The van der Waals surface area contributed by atoms with Crippen LogP contribution in [0.4, 0.5) is 0 Å². The van der Waals surface area contributed by atoms with Crippen molar-refractivity contribution in [3.63, 3.8) is 0 Å². The molecule has 0 spiro atoms. The predicted octanol–water partition coefficient (Wildman–Crippen LogP) is 18.4. The van der Waals surface area contributed by atoms with Crippen molar-refractivity contribution in [1.82, 2.24) is 0 Å². The first-order valence-corrected chi connectivity index (χ1v) is 37.5. The standard InChI is InChI=1S/C66H128O17P2/c1-7-10-12-14-16-18-19-23-26-30-37-43-49-64(69)77-54-61(82-65(70)50-44-38-31-27-24-21-20-22-25-28-34-40-46-58(4)5)56-80-84(72,73)78-52-60(67)53-79-85(74,75)81-57-62(55-76-63(68)48-42-36-29-17-15-13-11-8-2)83-66(71)51-45-39-33-32-35-41-47-59(6)9-3/h58-62,67H,7-57H2,1-6H3,(H,72,73)(H,74,75)/t59?,60-,61-,62-/m1/s1. The van der Waals surface area contributed by atoms with E-state index in [-0.39, 0.29) is 25.7 Å². The van der Waals surface area contributed by atoms with Gasteiger partial charge in [0.25, 0.3) is 0 Å². The third kappa shape index (κ3) is 59.5. The summed E-state index contributed by atoms with van der Waals surface area (Å²) in [6.07, 6.45) is 41.7.